The van der Waals surface area contributed by atoms with E-state index >= 15 is 0 Å². The first-order valence-electron chi connectivity index (χ1n) is 9.57. The van der Waals surface area contributed by atoms with E-state index in [1.807, 2.05) is 12.3 Å². The molecule has 0 saturated carbocycles. The van der Waals surface area contributed by atoms with E-state index in [0.717, 1.165) is 57.2 Å². The second kappa shape index (κ2) is 8.00. The maximum absolute atomic E-state index is 11.5. The predicted molar refractivity (Wildman–Crippen MR) is 106 cm³/mol. The van der Waals surface area contributed by atoms with Crippen LogP contribution in [0.4, 0.5) is 11.8 Å². The molecule has 28 heavy (non-hydrogen) atoms. The summed E-state index contributed by atoms with van der Waals surface area (Å²) in [5, 5.41) is 3.38. The van der Waals surface area contributed by atoms with Crippen LogP contribution in [0.15, 0.2) is 35.5 Å². The molecule has 2 aliphatic heterocycles. The average Bonchev–Trinajstić information content (AvgIpc) is 3.17. The molecule has 9 heteroatoms. The van der Waals surface area contributed by atoms with E-state index < -0.39 is 9.84 Å². The monoisotopic (exact) mass is 403 g/mol. The third-order valence-corrected chi connectivity index (χ3v) is 6.39. The summed E-state index contributed by atoms with van der Waals surface area (Å²) in [5.74, 6) is 1.90. The number of pyridine rings is 1. The average molecular weight is 404 g/mol. The zero-order valence-electron chi connectivity index (χ0n) is 15.9. The molecule has 1 atom stereocenters. The summed E-state index contributed by atoms with van der Waals surface area (Å²) in [6.07, 6.45) is 7.39. The molecule has 0 aliphatic carbocycles. The van der Waals surface area contributed by atoms with Crippen molar-refractivity contribution in [2.24, 2.45) is 0 Å². The van der Waals surface area contributed by atoms with Crippen molar-refractivity contribution in [2.45, 2.75) is 36.1 Å². The lowest BCUT2D eigenvalue weighted by Crippen LogP contribution is -2.28. The summed E-state index contributed by atoms with van der Waals surface area (Å²) < 4.78 is 28.5. The molecule has 4 rings (SSSR count). The van der Waals surface area contributed by atoms with Gasteiger partial charge >= 0.3 is 0 Å². The Bertz CT molecular complexity index is 913. The first kappa shape index (κ1) is 19.1. The number of nitrogens with one attached hydrogen (secondary N) is 1. The van der Waals surface area contributed by atoms with Crippen molar-refractivity contribution in [3.8, 4) is 0 Å². The van der Waals surface area contributed by atoms with E-state index in [4.69, 9.17) is 9.72 Å². The molecule has 1 unspecified atom stereocenters. The zero-order chi connectivity index (χ0) is 19.6. The van der Waals surface area contributed by atoms with E-state index in [-0.39, 0.29) is 10.9 Å². The van der Waals surface area contributed by atoms with Crippen molar-refractivity contribution < 1.29 is 13.2 Å². The summed E-state index contributed by atoms with van der Waals surface area (Å²) in [4.78, 5) is 15.9. The third kappa shape index (κ3) is 4.41. The topological polar surface area (TPSA) is 97.3 Å². The molecule has 4 heterocycles. The van der Waals surface area contributed by atoms with Crippen molar-refractivity contribution in [1.29, 1.82) is 0 Å². The Kier molecular flexibility index (Phi) is 5.45. The van der Waals surface area contributed by atoms with Crippen molar-refractivity contribution in [3.05, 3.63) is 36.3 Å². The van der Waals surface area contributed by atoms with Gasteiger partial charge in [-0.2, -0.15) is 0 Å². The second-order valence-corrected chi connectivity index (χ2v) is 9.41. The summed E-state index contributed by atoms with van der Waals surface area (Å²) in [6, 6.07) is 5.52. The van der Waals surface area contributed by atoms with Crippen LogP contribution in [0.5, 0.6) is 0 Å². The lowest BCUT2D eigenvalue weighted by atomic mass is 9.96. The number of rotatable bonds is 5. The van der Waals surface area contributed by atoms with E-state index in [9.17, 15) is 8.42 Å². The molecule has 2 aromatic heterocycles. The highest BCUT2D eigenvalue weighted by molar-refractivity contribution is 7.90. The van der Waals surface area contributed by atoms with E-state index in [1.165, 1.54) is 12.5 Å². The minimum atomic E-state index is -3.23. The Morgan fingerprint density at radius 2 is 1.96 bits per heavy atom. The minimum Gasteiger partial charge on any atom is -0.381 e. The Labute approximate surface area is 165 Å². The summed E-state index contributed by atoms with van der Waals surface area (Å²) in [7, 11) is -3.23. The van der Waals surface area contributed by atoms with Gasteiger partial charge in [-0.25, -0.2) is 23.4 Å². The van der Waals surface area contributed by atoms with Gasteiger partial charge in [0, 0.05) is 62.6 Å². The lowest BCUT2D eigenvalue weighted by molar-refractivity contribution is 0.0845. The van der Waals surface area contributed by atoms with Gasteiger partial charge in [0.2, 0.25) is 5.95 Å². The molecular weight excluding hydrogens is 378 g/mol. The maximum atomic E-state index is 11.5. The molecule has 2 saturated heterocycles. The van der Waals surface area contributed by atoms with Gasteiger partial charge < -0.3 is 15.0 Å². The molecule has 0 aromatic carbocycles. The molecule has 8 nitrogen and oxygen atoms in total. The first-order valence-corrected chi connectivity index (χ1v) is 11.5. The summed E-state index contributed by atoms with van der Waals surface area (Å²) in [5.41, 5.74) is 1.10. The number of hydrogen-bond donors (Lipinski definition) is 1. The van der Waals surface area contributed by atoms with Crippen LogP contribution in [0.1, 0.15) is 30.9 Å². The van der Waals surface area contributed by atoms with Gasteiger partial charge in [0.1, 0.15) is 5.82 Å². The third-order valence-electron chi connectivity index (χ3n) is 5.29. The van der Waals surface area contributed by atoms with Crippen molar-refractivity contribution in [2.75, 3.05) is 42.8 Å². The van der Waals surface area contributed by atoms with Crippen LogP contribution < -0.4 is 10.2 Å². The van der Waals surface area contributed by atoms with Gasteiger partial charge in [-0.3, -0.25) is 0 Å². The Morgan fingerprint density at radius 1 is 1.14 bits per heavy atom. The van der Waals surface area contributed by atoms with Crippen molar-refractivity contribution in [3.63, 3.8) is 0 Å². The van der Waals surface area contributed by atoms with Crippen LogP contribution >= 0.6 is 0 Å². The second-order valence-electron chi connectivity index (χ2n) is 7.40. The van der Waals surface area contributed by atoms with Gasteiger partial charge in [0.25, 0.3) is 0 Å². The number of aromatic nitrogens is 3. The molecule has 0 spiro atoms. The van der Waals surface area contributed by atoms with Gasteiger partial charge in [-0.1, -0.05) is 0 Å². The van der Waals surface area contributed by atoms with Crippen LogP contribution in [0.3, 0.4) is 0 Å². The fraction of sp³-hybridized carbons (Fsp3) is 0.526. The number of sulfone groups is 1. The fourth-order valence-electron chi connectivity index (χ4n) is 3.69. The number of hydrogen-bond acceptors (Lipinski definition) is 8. The maximum Gasteiger partial charge on any atom is 0.225 e. The van der Waals surface area contributed by atoms with Crippen LogP contribution in [0.25, 0.3) is 0 Å². The van der Waals surface area contributed by atoms with Gasteiger partial charge in [0.05, 0.1) is 4.90 Å². The largest absolute Gasteiger partial charge is 0.381 e. The highest BCUT2D eigenvalue weighted by atomic mass is 32.2. The molecule has 0 amide bonds. The summed E-state index contributed by atoms with van der Waals surface area (Å²) >= 11 is 0. The van der Waals surface area contributed by atoms with Crippen LogP contribution in [-0.4, -0.2) is 62.0 Å². The fourth-order valence-corrected chi connectivity index (χ4v) is 4.25. The molecule has 1 N–H and O–H groups in total. The Hall–Kier alpha value is -2.26. The van der Waals surface area contributed by atoms with Crippen LogP contribution in [0, 0.1) is 0 Å². The van der Waals surface area contributed by atoms with Crippen LogP contribution in [0.2, 0.25) is 0 Å². The predicted octanol–water partition coefficient (Wildman–Crippen LogP) is 1.86. The molecule has 2 aromatic rings. The molecule has 2 aliphatic rings. The van der Waals surface area contributed by atoms with E-state index in [2.05, 4.69) is 20.2 Å². The van der Waals surface area contributed by atoms with Crippen LogP contribution in [-0.2, 0) is 14.6 Å². The number of ether oxygens (including phenoxy) is 1. The number of nitrogens with zero attached hydrogens (tertiary/aromatic N) is 4. The molecule has 0 radical (unpaired) electrons. The van der Waals surface area contributed by atoms with Gasteiger partial charge in [-0.05, 0) is 37.5 Å². The molecule has 150 valence electrons. The molecular formula is C19H25N5O3S. The minimum absolute atomic E-state index is 0.215. The first-order chi connectivity index (χ1) is 13.5. The lowest BCUT2D eigenvalue weighted by Gasteiger charge is -2.23. The van der Waals surface area contributed by atoms with E-state index in [1.54, 1.807) is 12.1 Å². The molecule has 2 fully saturated rings. The smallest absolute Gasteiger partial charge is 0.225 e. The quantitative estimate of drug-likeness (QED) is 0.808. The Balaban J connectivity index is 1.39. The highest BCUT2D eigenvalue weighted by Gasteiger charge is 2.26. The SMILES string of the molecule is CS(=O)(=O)c1ccc(NC2CCN(c3nccc(C4CCOCC4)n3)C2)nc1. The van der Waals surface area contributed by atoms with Crippen molar-refractivity contribution >= 4 is 21.6 Å². The van der Waals surface area contributed by atoms with Gasteiger partial charge in [0.15, 0.2) is 9.84 Å². The number of anilines is 2. The van der Waals surface area contributed by atoms with E-state index in [0.29, 0.717) is 11.7 Å². The highest BCUT2D eigenvalue weighted by Crippen LogP contribution is 2.27. The zero-order valence-corrected chi connectivity index (χ0v) is 16.7. The summed E-state index contributed by atoms with van der Waals surface area (Å²) in [6.45, 7) is 3.25. The van der Waals surface area contributed by atoms with Gasteiger partial charge in [-0.15, -0.1) is 0 Å². The normalized spacial score (nSPS) is 21.0. The standard InChI is InChI=1S/C19H25N5O3S/c1-28(25,26)16-2-3-18(21-12-16)22-15-5-9-24(13-15)19-20-8-4-17(23-19)14-6-10-27-11-7-14/h2-4,8,12,14-15H,5-7,9-11,13H2,1H3,(H,21,22). The Morgan fingerprint density at radius 3 is 2.68 bits per heavy atom. The van der Waals surface area contributed by atoms with Crippen molar-refractivity contribution in [1.82, 2.24) is 15.0 Å². The molecule has 0 bridgehead atoms.